The van der Waals surface area contributed by atoms with Crippen molar-refractivity contribution in [3.63, 3.8) is 0 Å². The minimum Gasteiger partial charge on any atom is -0.354 e. The number of hydrogen-bond donors (Lipinski definition) is 2. The highest BCUT2D eigenvalue weighted by atomic mass is 19.2. The molecule has 1 aromatic carbocycles. The van der Waals surface area contributed by atoms with Crippen LogP contribution in [0, 0.1) is 17.6 Å². The van der Waals surface area contributed by atoms with Gasteiger partial charge in [0.15, 0.2) is 11.6 Å². The summed E-state index contributed by atoms with van der Waals surface area (Å²) < 4.78 is 28.3. The molecule has 0 bridgehead atoms. The van der Waals surface area contributed by atoms with E-state index in [-0.39, 0.29) is 11.7 Å². The van der Waals surface area contributed by atoms with Gasteiger partial charge in [-0.25, -0.2) is 13.5 Å². The van der Waals surface area contributed by atoms with Crippen molar-refractivity contribution in [2.24, 2.45) is 5.92 Å². The number of fused-ring (bicyclic) bond motifs is 1. The Morgan fingerprint density at radius 3 is 2.79 bits per heavy atom. The van der Waals surface area contributed by atoms with Gasteiger partial charge in [-0.2, -0.15) is 4.98 Å². The van der Waals surface area contributed by atoms with Crippen molar-refractivity contribution in [1.82, 2.24) is 20.1 Å². The standard InChI is InChI=1S/C16H19F2N5O/c1-9(2)13(10-4-5-11(17)12(18)8-10)20-15(24)14-21-16-19-6-3-7-23(16)22-14/h4-5,8-9,13H,3,6-7H2,1-2H3,(H,20,24)(H,19,21,22). The number of aryl methyl sites for hydroxylation is 1. The summed E-state index contributed by atoms with van der Waals surface area (Å²) in [5, 5.41) is 10.1. The number of nitrogens with zero attached hydrogens (tertiary/aromatic N) is 3. The number of benzene rings is 1. The van der Waals surface area contributed by atoms with Gasteiger partial charge >= 0.3 is 0 Å². The molecule has 0 aliphatic carbocycles. The molecule has 1 amide bonds. The van der Waals surface area contributed by atoms with Gasteiger partial charge < -0.3 is 10.6 Å². The van der Waals surface area contributed by atoms with Crippen LogP contribution in [0.3, 0.4) is 0 Å². The van der Waals surface area contributed by atoms with Gasteiger partial charge in [0, 0.05) is 13.1 Å². The maximum Gasteiger partial charge on any atom is 0.291 e. The zero-order valence-electron chi connectivity index (χ0n) is 13.5. The maximum atomic E-state index is 13.5. The van der Waals surface area contributed by atoms with Crippen LogP contribution in [0.5, 0.6) is 0 Å². The Hall–Kier alpha value is -2.51. The van der Waals surface area contributed by atoms with Gasteiger partial charge in [0.2, 0.25) is 11.8 Å². The van der Waals surface area contributed by atoms with E-state index in [0.717, 1.165) is 25.1 Å². The number of carbonyl (C=O) groups is 1. The lowest BCUT2D eigenvalue weighted by Gasteiger charge is -2.22. The third-order valence-corrected chi connectivity index (χ3v) is 3.96. The summed E-state index contributed by atoms with van der Waals surface area (Å²) in [6.45, 7) is 5.28. The Balaban J connectivity index is 1.81. The van der Waals surface area contributed by atoms with Crippen LogP contribution in [0.1, 0.15) is 42.5 Å². The summed E-state index contributed by atoms with van der Waals surface area (Å²) in [6.07, 6.45) is 0.918. The van der Waals surface area contributed by atoms with Crippen molar-refractivity contribution in [1.29, 1.82) is 0 Å². The van der Waals surface area contributed by atoms with E-state index in [4.69, 9.17) is 0 Å². The molecule has 0 saturated carbocycles. The van der Waals surface area contributed by atoms with Gasteiger partial charge in [0.05, 0.1) is 6.04 Å². The first kappa shape index (κ1) is 16.4. The molecule has 0 saturated heterocycles. The number of nitrogens with one attached hydrogen (secondary N) is 2. The number of carbonyl (C=O) groups excluding carboxylic acids is 1. The van der Waals surface area contributed by atoms with Crippen molar-refractivity contribution in [3.8, 4) is 0 Å². The van der Waals surface area contributed by atoms with Gasteiger partial charge in [-0.15, -0.1) is 5.10 Å². The van der Waals surface area contributed by atoms with Gasteiger partial charge in [-0.3, -0.25) is 4.79 Å². The molecule has 2 heterocycles. The van der Waals surface area contributed by atoms with E-state index in [1.54, 1.807) is 4.68 Å². The van der Waals surface area contributed by atoms with E-state index in [2.05, 4.69) is 20.7 Å². The van der Waals surface area contributed by atoms with E-state index in [1.165, 1.54) is 6.07 Å². The highest BCUT2D eigenvalue weighted by Crippen LogP contribution is 2.24. The van der Waals surface area contributed by atoms with E-state index in [1.807, 2.05) is 13.8 Å². The fourth-order valence-corrected chi connectivity index (χ4v) is 2.70. The average Bonchev–Trinajstić information content (AvgIpc) is 2.99. The highest BCUT2D eigenvalue weighted by Gasteiger charge is 2.24. The molecule has 6 nitrogen and oxygen atoms in total. The third-order valence-electron chi connectivity index (χ3n) is 3.96. The fraction of sp³-hybridized carbons (Fsp3) is 0.438. The van der Waals surface area contributed by atoms with Crippen LogP contribution in [0.2, 0.25) is 0 Å². The van der Waals surface area contributed by atoms with Crippen molar-refractivity contribution in [3.05, 3.63) is 41.2 Å². The number of hydrogen-bond acceptors (Lipinski definition) is 4. The lowest BCUT2D eigenvalue weighted by molar-refractivity contribution is 0.0914. The molecule has 2 N–H and O–H groups in total. The molecule has 1 aliphatic rings. The van der Waals surface area contributed by atoms with Crippen molar-refractivity contribution < 1.29 is 13.6 Å². The Morgan fingerprint density at radius 2 is 2.12 bits per heavy atom. The van der Waals surface area contributed by atoms with E-state index in [0.29, 0.717) is 18.1 Å². The van der Waals surface area contributed by atoms with Gasteiger partial charge in [-0.05, 0) is 30.0 Å². The lowest BCUT2D eigenvalue weighted by Crippen LogP contribution is -2.32. The summed E-state index contributed by atoms with van der Waals surface area (Å²) in [5.41, 5.74) is 0.499. The first-order valence-electron chi connectivity index (χ1n) is 7.90. The van der Waals surface area contributed by atoms with E-state index in [9.17, 15) is 13.6 Å². The molecular weight excluding hydrogens is 316 g/mol. The molecule has 128 valence electrons. The molecule has 2 aromatic rings. The molecule has 1 aromatic heterocycles. The molecule has 1 aliphatic heterocycles. The quantitative estimate of drug-likeness (QED) is 0.900. The Labute approximate surface area is 138 Å². The smallest absolute Gasteiger partial charge is 0.291 e. The summed E-state index contributed by atoms with van der Waals surface area (Å²) in [5.74, 6) is -1.68. The van der Waals surface area contributed by atoms with Crippen LogP contribution < -0.4 is 10.6 Å². The predicted molar refractivity (Wildman–Crippen MR) is 84.5 cm³/mol. The largest absolute Gasteiger partial charge is 0.354 e. The molecule has 0 spiro atoms. The molecule has 3 rings (SSSR count). The number of rotatable bonds is 4. The van der Waals surface area contributed by atoms with Gasteiger partial charge in [0.25, 0.3) is 5.91 Å². The second-order valence-corrected chi connectivity index (χ2v) is 6.13. The van der Waals surface area contributed by atoms with Crippen molar-refractivity contribution in [2.45, 2.75) is 32.9 Å². The Bertz CT molecular complexity index is 735. The highest BCUT2D eigenvalue weighted by molar-refractivity contribution is 5.91. The number of aromatic nitrogens is 3. The number of amides is 1. The molecule has 1 atom stereocenters. The van der Waals surface area contributed by atoms with Crippen LogP contribution in [0.15, 0.2) is 18.2 Å². The summed E-state index contributed by atoms with van der Waals surface area (Å²) in [7, 11) is 0. The van der Waals surface area contributed by atoms with Gasteiger partial charge in [0.1, 0.15) is 0 Å². The van der Waals surface area contributed by atoms with Crippen LogP contribution in [0.25, 0.3) is 0 Å². The minimum absolute atomic E-state index is 0.0193. The van der Waals surface area contributed by atoms with E-state index < -0.39 is 23.6 Å². The molecular formula is C16H19F2N5O. The normalized spacial score (nSPS) is 14.9. The van der Waals surface area contributed by atoms with Crippen LogP contribution >= 0.6 is 0 Å². The Kier molecular flexibility index (Phi) is 4.46. The predicted octanol–water partition coefficient (Wildman–Crippen LogP) is 2.50. The first-order chi connectivity index (χ1) is 11.5. The van der Waals surface area contributed by atoms with Crippen molar-refractivity contribution >= 4 is 11.9 Å². The lowest BCUT2D eigenvalue weighted by atomic mass is 9.96. The molecule has 0 fully saturated rings. The molecule has 0 radical (unpaired) electrons. The molecule has 8 heteroatoms. The second kappa shape index (κ2) is 6.54. The van der Waals surface area contributed by atoms with Crippen molar-refractivity contribution in [2.75, 3.05) is 11.9 Å². The monoisotopic (exact) mass is 335 g/mol. The number of anilines is 1. The summed E-state index contributed by atoms with van der Waals surface area (Å²) in [4.78, 5) is 16.6. The van der Waals surface area contributed by atoms with E-state index >= 15 is 0 Å². The maximum absolute atomic E-state index is 13.5. The average molecular weight is 335 g/mol. The third kappa shape index (κ3) is 3.22. The zero-order chi connectivity index (χ0) is 17.3. The fourth-order valence-electron chi connectivity index (χ4n) is 2.70. The minimum atomic E-state index is -0.938. The summed E-state index contributed by atoms with van der Waals surface area (Å²) in [6, 6.07) is 3.16. The molecule has 1 unspecified atom stereocenters. The topological polar surface area (TPSA) is 71.8 Å². The second-order valence-electron chi connectivity index (χ2n) is 6.13. The van der Waals surface area contributed by atoms with Crippen LogP contribution in [0.4, 0.5) is 14.7 Å². The SMILES string of the molecule is CC(C)C(NC(=O)c1nc2n(n1)CCCN2)c1ccc(F)c(F)c1. The molecule has 24 heavy (non-hydrogen) atoms. The Morgan fingerprint density at radius 1 is 1.33 bits per heavy atom. The van der Waals surface area contributed by atoms with Crippen LogP contribution in [-0.2, 0) is 6.54 Å². The van der Waals surface area contributed by atoms with Crippen LogP contribution in [-0.4, -0.2) is 27.2 Å². The first-order valence-corrected chi connectivity index (χ1v) is 7.90. The zero-order valence-corrected chi connectivity index (χ0v) is 13.5. The number of halogens is 2. The van der Waals surface area contributed by atoms with Gasteiger partial charge in [-0.1, -0.05) is 19.9 Å². The summed E-state index contributed by atoms with van der Waals surface area (Å²) >= 11 is 0.